The van der Waals surface area contributed by atoms with E-state index < -0.39 is 0 Å². The first-order valence-electron chi connectivity index (χ1n) is 4.98. The van der Waals surface area contributed by atoms with E-state index in [0.717, 1.165) is 19.4 Å². The Labute approximate surface area is 83.9 Å². The highest BCUT2D eigenvalue weighted by Crippen LogP contribution is 2.00. The molecule has 0 saturated carbocycles. The SMILES string of the molecule is CCCCn1ccc(C(=O)OCC)n1. The number of rotatable bonds is 5. The van der Waals surface area contributed by atoms with Crippen LogP contribution in [-0.2, 0) is 11.3 Å². The van der Waals surface area contributed by atoms with Gasteiger partial charge in [0.25, 0.3) is 0 Å². The van der Waals surface area contributed by atoms with Crippen LogP contribution < -0.4 is 0 Å². The third-order valence-corrected chi connectivity index (χ3v) is 1.87. The molecule has 0 bridgehead atoms. The predicted octanol–water partition coefficient (Wildman–Crippen LogP) is 1.86. The van der Waals surface area contributed by atoms with Crippen LogP contribution in [0.4, 0.5) is 0 Å². The van der Waals surface area contributed by atoms with E-state index in [4.69, 9.17) is 4.74 Å². The highest BCUT2D eigenvalue weighted by molar-refractivity contribution is 5.86. The Bertz CT molecular complexity index is 294. The Morgan fingerprint density at radius 2 is 2.36 bits per heavy atom. The maximum atomic E-state index is 11.2. The van der Waals surface area contributed by atoms with Crippen molar-refractivity contribution in [2.45, 2.75) is 33.2 Å². The zero-order valence-electron chi connectivity index (χ0n) is 8.69. The highest BCUT2D eigenvalue weighted by atomic mass is 16.5. The number of unbranched alkanes of at least 4 members (excludes halogenated alkanes) is 1. The molecule has 1 aromatic rings. The monoisotopic (exact) mass is 196 g/mol. The first-order chi connectivity index (χ1) is 6.77. The van der Waals surface area contributed by atoms with Gasteiger partial charge >= 0.3 is 5.97 Å². The normalized spacial score (nSPS) is 10.1. The van der Waals surface area contributed by atoms with E-state index in [1.54, 1.807) is 17.7 Å². The van der Waals surface area contributed by atoms with E-state index in [-0.39, 0.29) is 5.97 Å². The number of esters is 1. The Balaban J connectivity index is 2.54. The second-order valence-corrected chi connectivity index (χ2v) is 3.04. The van der Waals surface area contributed by atoms with Crippen LogP contribution in [0.1, 0.15) is 37.2 Å². The van der Waals surface area contributed by atoms with Crippen LogP contribution in [0.5, 0.6) is 0 Å². The summed E-state index contributed by atoms with van der Waals surface area (Å²) in [7, 11) is 0. The molecular formula is C10H16N2O2. The van der Waals surface area contributed by atoms with Crippen LogP contribution in [0, 0.1) is 0 Å². The van der Waals surface area contributed by atoms with Crippen molar-refractivity contribution in [1.82, 2.24) is 9.78 Å². The highest BCUT2D eigenvalue weighted by Gasteiger charge is 2.09. The molecule has 0 amide bonds. The number of ether oxygens (including phenoxy) is 1. The van der Waals surface area contributed by atoms with Crippen LogP contribution in [0.25, 0.3) is 0 Å². The Morgan fingerprint density at radius 1 is 1.57 bits per heavy atom. The van der Waals surface area contributed by atoms with Crippen molar-refractivity contribution in [1.29, 1.82) is 0 Å². The molecule has 0 atom stereocenters. The van der Waals surface area contributed by atoms with Crippen molar-refractivity contribution in [3.8, 4) is 0 Å². The van der Waals surface area contributed by atoms with Gasteiger partial charge in [0.15, 0.2) is 5.69 Å². The average molecular weight is 196 g/mol. The van der Waals surface area contributed by atoms with Gasteiger partial charge < -0.3 is 4.74 Å². The Morgan fingerprint density at radius 3 is 3.00 bits per heavy atom. The minimum Gasteiger partial charge on any atom is -0.461 e. The van der Waals surface area contributed by atoms with Gasteiger partial charge in [-0.25, -0.2) is 4.79 Å². The molecule has 1 rings (SSSR count). The molecule has 0 fully saturated rings. The molecule has 1 aromatic heterocycles. The summed E-state index contributed by atoms with van der Waals surface area (Å²) in [4.78, 5) is 11.2. The first-order valence-corrected chi connectivity index (χ1v) is 4.98. The van der Waals surface area contributed by atoms with E-state index in [1.807, 2.05) is 6.20 Å². The van der Waals surface area contributed by atoms with E-state index in [1.165, 1.54) is 0 Å². The fraction of sp³-hybridized carbons (Fsp3) is 0.600. The zero-order valence-corrected chi connectivity index (χ0v) is 8.69. The third-order valence-electron chi connectivity index (χ3n) is 1.87. The number of nitrogens with zero attached hydrogens (tertiary/aromatic N) is 2. The summed E-state index contributed by atoms with van der Waals surface area (Å²) in [6.45, 7) is 5.15. The van der Waals surface area contributed by atoms with Gasteiger partial charge in [-0.05, 0) is 19.4 Å². The number of hydrogen-bond donors (Lipinski definition) is 0. The van der Waals surface area contributed by atoms with Crippen LogP contribution in [0.3, 0.4) is 0 Å². The molecule has 0 aliphatic rings. The zero-order chi connectivity index (χ0) is 10.4. The van der Waals surface area contributed by atoms with Crippen molar-refractivity contribution in [2.75, 3.05) is 6.61 Å². The summed E-state index contributed by atoms with van der Waals surface area (Å²) in [5.74, 6) is -0.345. The largest absolute Gasteiger partial charge is 0.461 e. The molecular weight excluding hydrogens is 180 g/mol. The van der Waals surface area contributed by atoms with E-state index in [2.05, 4.69) is 12.0 Å². The number of aromatic nitrogens is 2. The fourth-order valence-electron chi connectivity index (χ4n) is 1.12. The second-order valence-electron chi connectivity index (χ2n) is 3.04. The Kier molecular flexibility index (Phi) is 4.16. The van der Waals surface area contributed by atoms with E-state index in [9.17, 15) is 4.79 Å². The van der Waals surface area contributed by atoms with E-state index >= 15 is 0 Å². The first kappa shape index (κ1) is 10.8. The molecule has 0 saturated heterocycles. The second kappa shape index (κ2) is 5.42. The molecule has 0 aromatic carbocycles. The minimum atomic E-state index is -0.345. The lowest BCUT2D eigenvalue weighted by molar-refractivity contribution is 0.0518. The Hall–Kier alpha value is -1.32. The van der Waals surface area contributed by atoms with Gasteiger partial charge in [-0.3, -0.25) is 4.68 Å². The lowest BCUT2D eigenvalue weighted by atomic mass is 10.3. The maximum absolute atomic E-state index is 11.2. The van der Waals surface area contributed by atoms with Crippen molar-refractivity contribution >= 4 is 5.97 Å². The summed E-state index contributed by atoms with van der Waals surface area (Å²) >= 11 is 0. The van der Waals surface area contributed by atoms with Crippen LogP contribution in [-0.4, -0.2) is 22.4 Å². The van der Waals surface area contributed by atoms with Gasteiger partial charge in [0.1, 0.15) is 0 Å². The molecule has 4 heteroatoms. The van der Waals surface area contributed by atoms with Crippen molar-refractivity contribution in [2.24, 2.45) is 0 Å². The summed E-state index contributed by atoms with van der Waals surface area (Å²) in [6.07, 6.45) is 4.00. The summed E-state index contributed by atoms with van der Waals surface area (Å²) in [5, 5.41) is 4.11. The molecule has 78 valence electrons. The summed E-state index contributed by atoms with van der Waals surface area (Å²) < 4.78 is 6.60. The van der Waals surface area contributed by atoms with Crippen molar-refractivity contribution < 1.29 is 9.53 Å². The van der Waals surface area contributed by atoms with Gasteiger partial charge in [-0.15, -0.1) is 0 Å². The standard InChI is InChI=1S/C10H16N2O2/c1-3-5-7-12-8-6-9(11-12)10(13)14-4-2/h6,8H,3-5,7H2,1-2H3. The maximum Gasteiger partial charge on any atom is 0.358 e. The molecule has 0 spiro atoms. The van der Waals surface area contributed by atoms with Crippen LogP contribution in [0.2, 0.25) is 0 Å². The minimum absolute atomic E-state index is 0.345. The summed E-state index contributed by atoms with van der Waals surface area (Å²) in [5.41, 5.74) is 0.392. The topological polar surface area (TPSA) is 44.1 Å². The van der Waals surface area contributed by atoms with Gasteiger partial charge in [0, 0.05) is 12.7 Å². The summed E-state index contributed by atoms with van der Waals surface area (Å²) in [6, 6.07) is 1.69. The van der Waals surface area contributed by atoms with Gasteiger partial charge in [-0.2, -0.15) is 5.10 Å². The number of aryl methyl sites for hydroxylation is 1. The molecule has 0 radical (unpaired) electrons. The lowest BCUT2D eigenvalue weighted by Gasteiger charge is -1.99. The molecule has 4 nitrogen and oxygen atoms in total. The van der Waals surface area contributed by atoms with Crippen LogP contribution in [0.15, 0.2) is 12.3 Å². The van der Waals surface area contributed by atoms with Crippen molar-refractivity contribution in [3.05, 3.63) is 18.0 Å². The third kappa shape index (κ3) is 2.87. The number of carbonyl (C=O) groups excluding carboxylic acids is 1. The average Bonchev–Trinajstić information content (AvgIpc) is 2.63. The molecule has 0 unspecified atom stereocenters. The van der Waals surface area contributed by atoms with Gasteiger partial charge in [0.05, 0.1) is 6.61 Å². The predicted molar refractivity (Wildman–Crippen MR) is 53.1 cm³/mol. The molecule has 14 heavy (non-hydrogen) atoms. The number of carbonyl (C=O) groups is 1. The quantitative estimate of drug-likeness (QED) is 0.675. The molecule has 1 heterocycles. The number of hydrogen-bond acceptors (Lipinski definition) is 3. The smallest absolute Gasteiger partial charge is 0.358 e. The van der Waals surface area contributed by atoms with Crippen molar-refractivity contribution in [3.63, 3.8) is 0 Å². The van der Waals surface area contributed by atoms with Crippen LogP contribution >= 0.6 is 0 Å². The molecule has 0 N–H and O–H groups in total. The van der Waals surface area contributed by atoms with Gasteiger partial charge in [0.2, 0.25) is 0 Å². The lowest BCUT2D eigenvalue weighted by Crippen LogP contribution is -2.07. The molecule has 0 aliphatic carbocycles. The molecule has 0 aliphatic heterocycles. The van der Waals surface area contributed by atoms with E-state index in [0.29, 0.717) is 12.3 Å². The fourth-order valence-corrected chi connectivity index (χ4v) is 1.12. The van der Waals surface area contributed by atoms with Gasteiger partial charge in [-0.1, -0.05) is 13.3 Å².